The van der Waals surface area contributed by atoms with Crippen LogP contribution in [0.25, 0.3) is 0 Å². The zero-order valence-corrected chi connectivity index (χ0v) is 14.9. The van der Waals surface area contributed by atoms with Crippen LogP contribution in [-0.4, -0.2) is 27.0 Å². The summed E-state index contributed by atoms with van der Waals surface area (Å²) >= 11 is 3.09. The van der Waals surface area contributed by atoms with E-state index in [0.717, 1.165) is 17.7 Å². The molecule has 1 aliphatic carbocycles. The maximum atomic E-state index is 12.8. The Kier molecular flexibility index (Phi) is 5.20. The van der Waals surface area contributed by atoms with Gasteiger partial charge in [-0.1, -0.05) is 0 Å². The number of non-ortho nitro benzene ring substituents is 1. The normalized spacial score (nSPS) is 15.0. The maximum absolute atomic E-state index is 12.8. The number of carbonyl (C=O) groups excluding carboxylic acids is 1. The predicted molar refractivity (Wildman–Crippen MR) is 96.3 cm³/mol. The molecule has 0 spiro atoms. The summed E-state index contributed by atoms with van der Waals surface area (Å²) in [6, 6.07) is 8.77. The van der Waals surface area contributed by atoms with Crippen LogP contribution in [0.4, 0.5) is 5.69 Å². The molecule has 0 N–H and O–H groups in total. The Hall–Kier alpha value is -1.86. The molecule has 0 bridgehead atoms. The molecule has 24 heavy (non-hydrogen) atoms. The first-order valence-electron chi connectivity index (χ1n) is 7.77. The number of rotatable bonds is 7. The number of thiophene rings is 1. The standard InChI is InChI=1S/C17H18N2O3S2/c1-12(24-16-6-4-15(5-7-16)19(21)22)17(20)18(14-2-3-14)10-13-8-9-23-11-13/h4-9,11-12,14H,2-3,10H2,1H3. The summed E-state index contributed by atoms with van der Waals surface area (Å²) in [5.41, 5.74) is 1.24. The van der Waals surface area contributed by atoms with Crippen LogP contribution in [0.2, 0.25) is 0 Å². The summed E-state index contributed by atoms with van der Waals surface area (Å²) in [7, 11) is 0. The zero-order valence-electron chi connectivity index (χ0n) is 13.3. The molecule has 5 nitrogen and oxygen atoms in total. The molecule has 0 saturated heterocycles. The van der Waals surface area contributed by atoms with Crippen molar-refractivity contribution < 1.29 is 9.72 Å². The third-order valence-electron chi connectivity index (χ3n) is 3.91. The number of thioether (sulfide) groups is 1. The quantitative estimate of drug-likeness (QED) is 0.418. The largest absolute Gasteiger partial charge is 0.334 e. The lowest BCUT2D eigenvalue weighted by Crippen LogP contribution is -2.37. The molecule has 126 valence electrons. The molecule has 0 radical (unpaired) electrons. The number of nitrogens with zero attached hydrogens (tertiary/aromatic N) is 2. The fourth-order valence-electron chi connectivity index (χ4n) is 2.49. The van der Waals surface area contributed by atoms with E-state index in [0.29, 0.717) is 12.6 Å². The summed E-state index contributed by atoms with van der Waals surface area (Å²) in [6.07, 6.45) is 2.15. The van der Waals surface area contributed by atoms with E-state index >= 15 is 0 Å². The Morgan fingerprint density at radius 1 is 1.38 bits per heavy atom. The lowest BCUT2D eigenvalue weighted by atomic mass is 10.3. The third-order valence-corrected chi connectivity index (χ3v) is 5.74. The molecule has 0 aliphatic heterocycles. The van der Waals surface area contributed by atoms with Gasteiger partial charge in [-0.05, 0) is 54.3 Å². The van der Waals surface area contributed by atoms with E-state index in [4.69, 9.17) is 0 Å². The molecule has 1 aliphatic rings. The van der Waals surface area contributed by atoms with Crippen LogP contribution >= 0.6 is 23.1 Å². The molecule has 1 unspecified atom stereocenters. The van der Waals surface area contributed by atoms with E-state index in [-0.39, 0.29) is 16.8 Å². The Morgan fingerprint density at radius 3 is 2.62 bits per heavy atom. The van der Waals surface area contributed by atoms with E-state index in [9.17, 15) is 14.9 Å². The van der Waals surface area contributed by atoms with Crippen LogP contribution in [0.3, 0.4) is 0 Å². The van der Waals surface area contributed by atoms with E-state index in [1.807, 2.05) is 17.2 Å². The fraction of sp³-hybridized carbons (Fsp3) is 0.353. The monoisotopic (exact) mass is 362 g/mol. The van der Waals surface area contributed by atoms with Crippen LogP contribution in [0.1, 0.15) is 25.3 Å². The van der Waals surface area contributed by atoms with E-state index in [2.05, 4.69) is 11.4 Å². The molecule has 1 fully saturated rings. The summed E-state index contributed by atoms with van der Waals surface area (Å²) in [5, 5.41) is 14.6. The first-order valence-corrected chi connectivity index (χ1v) is 9.59. The van der Waals surface area contributed by atoms with E-state index < -0.39 is 4.92 Å². The smallest absolute Gasteiger partial charge is 0.269 e. The topological polar surface area (TPSA) is 63.5 Å². The molecule has 3 rings (SSSR count). The first-order chi connectivity index (χ1) is 11.5. The highest BCUT2D eigenvalue weighted by Crippen LogP contribution is 2.33. The molecule has 2 aromatic rings. The molecular formula is C17H18N2O3S2. The van der Waals surface area contributed by atoms with Crippen molar-refractivity contribution in [3.05, 3.63) is 56.8 Å². The highest BCUT2D eigenvalue weighted by atomic mass is 32.2. The van der Waals surface area contributed by atoms with E-state index in [1.54, 1.807) is 23.5 Å². The van der Waals surface area contributed by atoms with Crippen LogP contribution in [0, 0.1) is 10.1 Å². The Morgan fingerprint density at radius 2 is 2.08 bits per heavy atom. The lowest BCUT2D eigenvalue weighted by molar-refractivity contribution is -0.384. The number of hydrogen-bond acceptors (Lipinski definition) is 5. The second-order valence-corrected chi connectivity index (χ2v) is 8.03. The van der Waals surface area contributed by atoms with Crippen molar-refractivity contribution in [1.82, 2.24) is 4.90 Å². The van der Waals surface area contributed by atoms with E-state index in [1.165, 1.54) is 29.5 Å². The average molecular weight is 362 g/mol. The first kappa shape index (κ1) is 17.0. The SMILES string of the molecule is CC(Sc1ccc([N+](=O)[O-])cc1)C(=O)N(Cc1ccsc1)C1CC1. The maximum Gasteiger partial charge on any atom is 0.269 e. The number of carbonyl (C=O) groups is 1. The summed E-state index contributed by atoms with van der Waals surface area (Å²) in [4.78, 5) is 26.0. The van der Waals surface area contributed by atoms with Gasteiger partial charge >= 0.3 is 0 Å². The lowest BCUT2D eigenvalue weighted by Gasteiger charge is -2.25. The summed E-state index contributed by atoms with van der Waals surface area (Å²) in [5.74, 6) is 0.132. The molecule has 1 heterocycles. The molecule has 7 heteroatoms. The number of benzene rings is 1. The number of hydrogen-bond donors (Lipinski definition) is 0. The summed E-state index contributed by atoms with van der Waals surface area (Å²) < 4.78 is 0. The van der Waals surface area contributed by atoms with Gasteiger partial charge in [0, 0.05) is 29.6 Å². The van der Waals surface area contributed by atoms with Crippen LogP contribution in [0.15, 0.2) is 46.0 Å². The van der Waals surface area contributed by atoms with Crippen molar-refractivity contribution in [3.8, 4) is 0 Å². The highest BCUT2D eigenvalue weighted by Gasteiger charge is 2.34. The van der Waals surface area contributed by atoms with Crippen LogP contribution in [-0.2, 0) is 11.3 Å². The number of nitro groups is 1. The minimum Gasteiger partial charge on any atom is -0.334 e. The molecule has 1 aromatic heterocycles. The van der Waals surface area contributed by atoms with Gasteiger partial charge in [-0.3, -0.25) is 14.9 Å². The minimum absolute atomic E-state index is 0.0652. The Labute approximate surface area is 148 Å². The average Bonchev–Trinajstić information content (AvgIpc) is 3.28. The highest BCUT2D eigenvalue weighted by molar-refractivity contribution is 8.00. The zero-order chi connectivity index (χ0) is 17.1. The van der Waals surface area contributed by atoms with Gasteiger partial charge in [-0.2, -0.15) is 11.3 Å². The molecule has 1 atom stereocenters. The van der Waals surface area contributed by atoms with Crippen molar-refractivity contribution in [1.29, 1.82) is 0 Å². The molecule has 1 amide bonds. The molecular weight excluding hydrogens is 344 g/mol. The molecule has 1 saturated carbocycles. The van der Waals surface area contributed by atoms with Gasteiger partial charge in [0.1, 0.15) is 0 Å². The molecule has 1 aromatic carbocycles. The van der Waals surface area contributed by atoms with Gasteiger partial charge in [0.25, 0.3) is 5.69 Å². The van der Waals surface area contributed by atoms with Crippen molar-refractivity contribution in [2.75, 3.05) is 0 Å². The van der Waals surface area contributed by atoms with Crippen molar-refractivity contribution in [2.24, 2.45) is 0 Å². The number of nitro benzene ring substituents is 1. The van der Waals surface area contributed by atoms with Gasteiger partial charge in [-0.25, -0.2) is 0 Å². The Balaban J connectivity index is 1.64. The fourth-order valence-corrected chi connectivity index (χ4v) is 4.08. The third kappa shape index (κ3) is 4.15. The minimum atomic E-state index is -0.418. The van der Waals surface area contributed by atoms with Gasteiger partial charge in [0.05, 0.1) is 10.2 Å². The van der Waals surface area contributed by atoms with Gasteiger partial charge in [0.15, 0.2) is 0 Å². The second kappa shape index (κ2) is 7.36. The number of amides is 1. The van der Waals surface area contributed by atoms with Crippen LogP contribution in [0.5, 0.6) is 0 Å². The second-order valence-electron chi connectivity index (χ2n) is 5.84. The van der Waals surface area contributed by atoms with Crippen LogP contribution < -0.4 is 0 Å². The van der Waals surface area contributed by atoms with Crippen molar-refractivity contribution in [2.45, 2.75) is 42.5 Å². The van der Waals surface area contributed by atoms with Gasteiger partial charge in [-0.15, -0.1) is 11.8 Å². The van der Waals surface area contributed by atoms with Crippen molar-refractivity contribution in [3.63, 3.8) is 0 Å². The Bertz CT molecular complexity index is 712. The predicted octanol–water partition coefficient (Wildman–Crippen LogP) is 4.33. The van der Waals surface area contributed by atoms with Gasteiger partial charge in [0.2, 0.25) is 5.91 Å². The summed E-state index contributed by atoms with van der Waals surface area (Å²) in [6.45, 7) is 2.57. The van der Waals surface area contributed by atoms with Crippen molar-refractivity contribution >= 4 is 34.7 Å². The van der Waals surface area contributed by atoms with Gasteiger partial charge < -0.3 is 4.90 Å².